The fourth-order valence-corrected chi connectivity index (χ4v) is 2.17. The summed E-state index contributed by atoms with van der Waals surface area (Å²) in [7, 11) is 2.31. The molecule has 0 saturated heterocycles. The third-order valence-corrected chi connectivity index (χ3v) is 3.45. The second kappa shape index (κ2) is 8.73. The first-order valence-electron chi connectivity index (χ1n) is 6.95. The lowest BCUT2D eigenvalue weighted by Gasteiger charge is -2.16. The van der Waals surface area contributed by atoms with Crippen molar-refractivity contribution in [3.05, 3.63) is 59.9 Å². The summed E-state index contributed by atoms with van der Waals surface area (Å²) >= 11 is 0. The first-order valence-corrected chi connectivity index (χ1v) is 7.42. The summed E-state index contributed by atoms with van der Waals surface area (Å²) in [6.45, 7) is 4.16. The van der Waals surface area contributed by atoms with E-state index in [2.05, 4.69) is 26.7 Å². The van der Waals surface area contributed by atoms with E-state index < -0.39 is 0 Å². The highest BCUT2D eigenvalue weighted by Crippen LogP contribution is 2.17. The monoisotopic (exact) mass is 304 g/mol. The van der Waals surface area contributed by atoms with E-state index in [0.717, 1.165) is 17.9 Å². The van der Waals surface area contributed by atoms with Gasteiger partial charge in [-0.25, -0.2) is 0 Å². The highest BCUT2D eigenvalue weighted by molar-refractivity contribution is 7.09. The minimum Gasteiger partial charge on any atom is -0.492 e. The lowest BCUT2D eigenvalue weighted by Crippen LogP contribution is -2.26. The SMILES string of the molecule is Cc1ccc(OCCNC[C@H](OP)c2cccnc2)cc1. The molecule has 2 aromatic rings. The lowest BCUT2D eigenvalue weighted by atomic mass is 10.1. The Bertz CT molecular complexity index is 520. The van der Waals surface area contributed by atoms with Gasteiger partial charge in [0.1, 0.15) is 12.4 Å². The van der Waals surface area contributed by atoms with E-state index in [4.69, 9.17) is 9.26 Å². The molecule has 0 aliphatic heterocycles. The Labute approximate surface area is 128 Å². The molecular formula is C16H21N2O2P. The van der Waals surface area contributed by atoms with Crippen LogP contribution in [0.5, 0.6) is 5.75 Å². The van der Waals surface area contributed by atoms with Gasteiger partial charge in [-0.2, -0.15) is 0 Å². The van der Waals surface area contributed by atoms with Crippen LogP contribution in [0.25, 0.3) is 0 Å². The van der Waals surface area contributed by atoms with Gasteiger partial charge in [0, 0.05) is 40.5 Å². The number of hydrogen-bond donors (Lipinski definition) is 1. The van der Waals surface area contributed by atoms with Crippen molar-refractivity contribution in [1.29, 1.82) is 0 Å². The maximum Gasteiger partial charge on any atom is 0.119 e. The van der Waals surface area contributed by atoms with Gasteiger partial charge in [-0.3, -0.25) is 4.98 Å². The number of rotatable bonds is 8. The van der Waals surface area contributed by atoms with Gasteiger partial charge >= 0.3 is 0 Å². The number of nitrogens with one attached hydrogen (secondary N) is 1. The molecule has 5 heteroatoms. The van der Waals surface area contributed by atoms with Crippen LogP contribution in [-0.2, 0) is 4.52 Å². The lowest BCUT2D eigenvalue weighted by molar-refractivity contribution is 0.231. The largest absolute Gasteiger partial charge is 0.492 e. The van der Waals surface area contributed by atoms with Gasteiger partial charge < -0.3 is 14.6 Å². The standard InChI is InChI=1S/C16H21N2O2P/c1-13-4-6-15(7-5-13)19-10-9-18-12-16(20-21)14-3-2-8-17-11-14/h2-8,11,16,18H,9-10,12,21H2,1H3/t16-/m0/s1. The van der Waals surface area contributed by atoms with Gasteiger partial charge in [-0.15, -0.1) is 0 Å². The van der Waals surface area contributed by atoms with Crippen molar-refractivity contribution in [2.75, 3.05) is 19.7 Å². The normalized spacial score (nSPS) is 12.1. The number of aryl methyl sites for hydroxylation is 1. The average Bonchev–Trinajstić information content (AvgIpc) is 2.53. The molecule has 21 heavy (non-hydrogen) atoms. The summed E-state index contributed by atoms with van der Waals surface area (Å²) in [4.78, 5) is 4.10. The van der Waals surface area contributed by atoms with E-state index in [9.17, 15) is 0 Å². The Morgan fingerprint density at radius 2 is 2.05 bits per heavy atom. The molecule has 1 aromatic heterocycles. The molecule has 4 nitrogen and oxygen atoms in total. The third kappa shape index (κ3) is 5.43. The van der Waals surface area contributed by atoms with E-state index >= 15 is 0 Å². The van der Waals surface area contributed by atoms with Crippen LogP contribution in [0.15, 0.2) is 48.8 Å². The second-order valence-electron chi connectivity index (χ2n) is 4.78. The third-order valence-electron chi connectivity index (χ3n) is 3.12. The molecule has 0 saturated carbocycles. The average molecular weight is 304 g/mol. The van der Waals surface area contributed by atoms with Crippen LogP contribution in [0.4, 0.5) is 0 Å². The Kier molecular flexibility index (Phi) is 6.61. The molecule has 0 aliphatic rings. The molecule has 1 aromatic carbocycles. The topological polar surface area (TPSA) is 43.4 Å². The molecule has 0 bridgehead atoms. The summed E-state index contributed by atoms with van der Waals surface area (Å²) in [6.07, 6.45) is 3.55. The van der Waals surface area contributed by atoms with Crippen molar-refractivity contribution in [1.82, 2.24) is 10.3 Å². The number of ether oxygens (including phenoxy) is 1. The fourth-order valence-electron chi connectivity index (χ4n) is 1.92. The molecule has 0 amide bonds. The van der Waals surface area contributed by atoms with Crippen LogP contribution in [0.1, 0.15) is 17.2 Å². The van der Waals surface area contributed by atoms with E-state index in [-0.39, 0.29) is 6.10 Å². The molecule has 1 unspecified atom stereocenters. The van der Waals surface area contributed by atoms with Gasteiger partial charge in [-0.05, 0) is 25.1 Å². The smallest absolute Gasteiger partial charge is 0.119 e. The first-order chi connectivity index (χ1) is 10.3. The number of nitrogens with zero attached hydrogens (tertiary/aromatic N) is 1. The fraction of sp³-hybridized carbons (Fsp3) is 0.312. The quantitative estimate of drug-likeness (QED) is 0.601. The maximum absolute atomic E-state index is 5.66. The van der Waals surface area contributed by atoms with Crippen LogP contribution >= 0.6 is 9.47 Å². The van der Waals surface area contributed by atoms with E-state index in [0.29, 0.717) is 13.2 Å². The molecule has 0 fully saturated rings. The van der Waals surface area contributed by atoms with Crippen LogP contribution in [0, 0.1) is 6.92 Å². The number of hydrogen-bond acceptors (Lipinski definition) is 4. The van der Waals surface area contributed by atoms with E-state index in [1.165, 1.54) is 5.56 Å². The van der Waals surface area contributed by atoms with Gasteiger partial charge in [-0.1, -0.05) is 23.8 Å². The highest BCUT2D eigenvalue weighted by atomic mass is 31.0. The van der Waals surface area contributed by atoms with Crippen molar-refractivity contribution in [3.63, 3.8) is 0 Å². The maximum atomic E-state index is 5.66. The Morgan fingerprint density at radius 3 is 2.71 bits per heavy atom. The van der Waals surface area contributed by atoms with Crippen molar-refractivity contribution in [2.45, 2.75) is 13.0 Å². The Morgan fingerprint density at radius 1 is 1.24 bits per heavy atom. The van der Waals surface area contributed by atoms with Crippen molar-refractivity contribution < 1.29 is 9.26 Å². The predicted octanol–water partition coefficient (Wildman–Crippen LogP) is 2.91. The van der Waals surface area contributed by atoms with Crippen molar-refractivity contribution in [3.8, 4) is 5.75 Å². The molecule has 1 heterocycles. The van der Waals surface area contributed by atoms with Crippen LogP contribution in [0.3, 0.4) is 0 Å². The van der Waals surface area contributed by atoms with E-state index in [1.54, 1.807) is 6.20 Å². The molecule has 112 valence electrons. The zero-order valence-electron chi connectivity index (χ0n) is 12.2. The molecule has 2 rings (SSSR count). The number of benzene rings is 1. The van der Waals surface area contributed by atoms with Crippen molar-refractivity contribution in [2.24, 2.45) is 0 Å². The summed E-state index contributed by atoms with van der Waals surface area (Å²) in [6, 6.07) is 12.0. The molecule has 1 N–H and O–H groups in total. The van der Waals surface area contributed by atoms with Gasteiger partial charge in [0.2, 0.25) is 0 Å². The van der Waals surface area contributed by atoms with Gasteiger partial charge in [0.15, 0.2) is 0 Å². The molecule has 0 spiro atoms. The summed E-state index contributed by atoms with van der Waals surface area (Å²) in [5.74, 6) is 0.897. The summed E-state index contributed by atoms with van der Waals surface area (Å²) in [5.41, 5.74) is 2.29. The van der Waals surface area contributed by atoms with Crippen LogP contribution < -0.4 is 10.1 Å². The van der Waals surface area contributed by atoms with Crippen molar-refractivity contribution >= 4 is 9.47 Å². The molecular weight excluding hydrogens is 283 g/mol. The first kappa shape index (κ1) is 15.9. The minimum atomic E-state index is -0.0249. The molecule has 0 aliphatic carbocycles. The summed E-state index contributed by atoms with van der Waals surface area (Å²) < 4.78 is 11.0. The molecule has 0 radical (unpaired) electrons. The highest BCUT2D eigenvalue weighted by Gasteiger charge is 2.09. The number of pyridine rings is 1. The second-order valence-corrected chi connectivity index (χ2v) is 5.05. The van der Waals surface area contributed by atoms with Gasteiger partial charge in [0.25, 0.3) is 0 Å². The number of aromatic nitrogens is 1. The zero-order valence-corrected chi connectivity index (χ0v) is 13.3. The van der Waals surface area contributed by atoms with E-state index in [1.807, 2.05) is 42.6 Å². The Balaban J connectivity index is 1.68. The zero-order chi connectivity index (χ0) is 14.9. The Hall–Kier alpha value is -1.48. The predicted molar refractivity (Wildman–Crippen MR) is 87.3 cm³/mol. The van der Waals surface area contributed by atoms with Gasteiger partial charge in [0.05, 0.1) is 6.10 Å². The summed E-state index contributed by atoms with van der Waals surface area (Å²) in [5, 5.41) is 3.33. The minimum absolute atomic E-state index is 0.0249. The van der Waals surface area contributed by atoms with Crippen LogP contribution in [-0.4, -0.2) is 24.7 Å². The van der Waals surface area contributed by atoms with Crippen LogP contribution in [0.2, 0.25) is 0 Å². The molecule has 2 atom stereocenters.